The minimum Gasteiger partial charge on any atom is -0.344 e. The number of hydrogen-bond donors (Lipinski definition) is 4. The van der Waals surface area contributed by atoms with Gasteiger partial charge in [-0.1, -0.05) is 63.3 Å². The van der Waals surface area contributed by atoms with E-state index in [1.165, 1.54) is 51.2 Å². The minimum absolute atomic E-state index is 0.0744. The van der Waals surface area contributed by atoms with Crippen LogP contribution < -0.4 is 10.6 Å². The molecule has 0 heterocycles. The van der Waals surface area contributed by atoms with Crippen molar-refractivity contribution in [2.75, 3.05) is 13.6 Å². The molecule has 1 aliphatic rings. The Hall–Kier alpha value is -2.36. The van der Waals surface area contributed by atoms with E-state index in [0.717, 1.165) is 25.0 Å². The van der Waals surface area contributed by atoms with E-state index in [4.69, 9.17) is 9.79 Å². The van der Waals surface area contributed by atoms with Crippen molar-refractivity contribution in [2.24, 2.45) is 5.92 Å². The number of hydrogen-bond acceptors (Lipinski definition) is 4. The smallest absolute Gasteiger partial charge is 0.344 e. The molecule has 3 amide bonds. The Balaban J connectivity index is 2.01. The van der Waals surface area contributed by atoms with Gasteiger partial charge in [-0.3, -0.25) is 18.9 Å². The molecule has 1 fully saturated rings. The highest BCUT2D eigenvalue weighted by molar-refractivity contribution is 7.52. The Bertz CT molecular complexity index is 995. The van der Waals surface area contributed by atoms with E-state index in [2.05, 4.69) is 10.6 Å². The number of carbonyl (C=O) groups is 3. The monoisotopic (exact) mass is 559 g/mol. The summed E-state index contributed by atoms with van der Waals surface area (Å²) in [4.78, 5) is 57.2. The maximum atomic E-state index is 13.9. The van der Waals surface area contributed by atoms with Gasteiger partial charge in [-0.05, 0) is 30.7 Å². The van der Waals surface area contributed by atoms with E-state index in [-0.39, 0.29) is 12.3 Å². The van der Waals surface area contributed by atoms with Crippen LogP contribution in [-0.2, 0) is 31.0 Å². The number of alkyl halides is 2. The first kappa shape index (κ1) is 31.9. The molecule has 2 atom stereocenters. The second kappa shape index (κ2) is 14.1. The number of amides is 3. The molecule has 1 aliphatic carbocycles. The molecule has 9 nitrogen and oxygen atoms in total. The first-order valence-corrected chi connectivity index (χ1v) is 14.7. The van der Waals surface area contributed by atoms with E-state index in [9.17, 15) is 27.7 Å². The minimum atomic E-state index is -5.71. The van der Waals surface area contributed by atoms with Crippen LogP contribution in [0.3, 0.4) is 0 Å². The van der Waals surface area contributed by atoms with Crippen LogP contribution in [0.25, 0.3) is 0 Å². The van der Waals surface area contributed by atoms with Crippen LogP contribution in [0.5, 0.6) is 0 Å². The quantitative estimate of drug-likeness (QED) is 0.272. The fraction of sp³-hybridized carbons (Fsp3) is 0.654. The van der Waals surface area contributed by atoms with Crippen molar-refractivity contribution in [3.8, 4) is 0 Å². The third-order valence-corrected chi connectivity index (χ3v) is 8.02. The lowest BCUT2D eigenvalue weighted by Crippen LogP contribution is -2.54. The lowest BCUT2D eigenvalue weighted by atomic mass is 9.86. The molecule has 38 heavy (non-hydrogen) atoms. The van der Waals surface area contributed by atoms with Gasteiger partial charge in [0.25, 0.3) is 0 Å². The molecule has 1 aromatic carbocycles. The maximum Gasteiger partial charge on any atom is 0.399 e. The Morgan fingerprint density at radius 1 is 1.08 bits per heavy atom. The molecule has 214 valence electrons. The zero-order chi connectivity index (χ0) is 28.5. The fourth-order valence-electron chi connectivity index (χ4n) is 4.78. The molecule has 1 aromatic rings. The van der Waals surface area contributed by atoms with Crippen LogP contribution >= 0.6 is 7.60 Å². The summed E-state index contributed by atoms with van der Waals surface area (Å²) in [7, 11) is -4.00. The molecule has 0 spiro atoms. The Labute approximate surface area is 222 Å². The summed E-state index contributed by atoms with van der Waals surface area (Å²) >= 11 is 0. The molecule has 0 bridgehead atoms. The van der Waals surface area contributed by atoms with Crippen LogP contribution in [0.1, 0.15) is 76.3 Å². The molecule has 1 saturated carbocycles. The van der Waals surface area contributed by atoms with Crippen LogP contribution in [-0.4, -0.2) is 58.1 Å². The molecule has 12 heteroatoms. The number of carbonyl (C=O) groups excluding carboxylic acids is 3. The van der Waals surface area contributed by atoms with E-state index in [1.807, 2.05) is 0 Å². The summed E-state index contributed by atoms with van der Waals surface area (Å²) in [5.41, 5.74) is -4.83. The van der Waals surface area contributed by atoms with Crippen LogP contribution in [0.2, 0.25) is 0 Å². The number of benzene rings is 1. The van der Waals surface area contributed by atoms with Gasteiger partial charge in [0, 0.05) is 32.5 Å². The van der Waals surface area contributed by atoms with Crippen LogP contribution in [0.15, 0.2) is 24.3 Å². The Morgan fingerprint density at radius 3 is 2.21 bits per heavy atom. The van der Waals surface area contributed by atoms with Crippen molar-refractivity contribution in [3.05, 3.63) is 35.4 Å². The summed E-state index contributed by atoms with van der Waals surface area (Å²) in [6.07, 6.45) is 8.55. The van der Waals surface area contributed by atoms with E-state index in [0.29, 0.717) is 24.4 Å². The third-order valence-electron chi connectivity index (χ3n) is 7.03. The highest BCUT2D eigenvalue weighted by atomic mass is 31.2. The molecule has 4 N–H and O–H groups in total. The molecule has 2 rings (SSSR count). The van der Waals surface area contributed by atoms with Gasteiger partial charge in [0.2, 0.25) is 17.7 Å². The molecule has 0 radical (unpaired) electrons. The number of rotatable bonds is 13. The van der Waals surface area contributed by atoms with Crippen molar-refractivity contribution in [1.29, 1.82) is 0 Å². The van der Waals surface area contributed by atoms with Gasteiger partial charge in [-0.2, -0.15) is 8.78 Å². The highest BCUT2D eigenvalue weighted by Gasteiger charge is 2.50. The predicted molar refractivity (Wildman–Crippen MR) is 139 cm³/mol. The first-order valence-electron chi connectivity index (χ1n) is 13.1. The van der Waals surface area contributed by atoms with Gasteiger partial charge in [-0.15, -0.1) is 0 Å². The van der Waals surface area contributed by atoms with E-state index in [1.54, 1.807) is 18.9 Å². The van der Waals surface area contributed by atoms with Gasteiger partial charge < -0.3 is 25.3 Å². The SMILES string of the molecule is CC[C@@H](NC(=O)[C@H](Cc1ccc(C(F)(F)P(=O)(O)O)cc1)NC(C)=O)C(=O)N(C)CCCC1CCCCC1. The van der Waals surface area contributed by atoms with Gasteiger partial charge in [0.05, 0.1) is 0 Å². The largest absolute Gasteiger partial charge is 0.399 e. The number of nitrogens with zero attached hydrogens (tertiary/aromatic N) is 1. The molecule has 0 unspecified atom stereocenters. The van der Waals surface area contributed by atoms with Gasteiger partial charge in [0.1, 0.15) is 12.1 Å². The molecule has 0 saturated heterocycles. The second-order valence-electron chi connectivity index (χ2n) is 10.1. The first-order chi connectivity index (χ1) is 17.8. The van der Waals surface area contributed by atoms with Gasteiger partial charge in [-0.25, -0.2) is 0 Å². The molecule has 0 aliphatic heterocycles. The summed E-state index contributed by atoms with van der Waals surface area (Å²) < 4.78 is 39.0. The maximum absolute atomic E-state index is 13.9. The van der Waals surface area contributed by atoms with Crippen molar-refractivity contribution in [3.63, 3.8) is 0 Å². The van der Waals surface area contributed by atoms with Crippen LogP contribution in [0, 0.1) is 5.92 Å². The number of halogens is 2. The second-order valence-corrected chi connectivity index (χ2v) is 11.8. The number of nitrogens with one attached hydrogen (secondary N) is 2. The van der Waals surface area contributed by atoms with E-state index < -0.39 is 42.7 Å². The highest BCUT2D eigenvalue weighted by Crippen LogP contribution is 2.59. The van der Waals surface area contributed by atoms with Crippen molar-refractivity contribution in [2.45, 2.75) is 89.4 Å². The molecular formula is C26H40F2N3O6P. The van der Waals surface area contributed by atoms with Crippen LogP contribution in [0.4, 0.5) is 8.78 Å². The zero-order valence-electron chi connectivity index (χ0n) is 22.3. The van der Waals surface area contributed by atoms with Crippen molar-refractivity contribution in [1.82, 2.24) is 15.5 Å². The number of likely N-dealkylation sites (N-methyl/N-ethyl adjacent to an activating group) is 1. The normalized spacial score (nSPS) is 16.4. The average molecular weight is 560 g/mol. The summed E-state index contributed by atoms with van der Waals surface area (Å²) in [5.74, 6) is -0.603. The lowest BCUT2D eigenvalue weighted by Gasteiger charge is -2.27. The Morgan fingerprint density at radius 2 is 1.68 bits per heavy atom. The summed E-state index contributed by atoms with van der Waals surface area (Å²) in [5, 5.41) is 5.22. The predicted octanol–water partition coefficient (Wildman–Crippen LogP) is 3.67. The van der Waals surface area contributed by atoms with E-state index >= 15 is 0 Å². The topological polar surface area (TPSA) is 136 Å². The van der Waals surface area contributed by atoms with Crippen molar-refractivity contribution < 1.29 is 37.5 Å². The van der Waals surface area contributed by atoms with Gasteiger partial charge in [0.15, 0.2) is 0 Å². The van der Waals surface area contributed by atoms with Gasteiger partial charge >= 0.3 is 13.3 Å². The third kappa shape index (κ3) is 9.13. The molecular weight excluding hydrogens is 519 g/mol. The zero-order valence-corrected chi connectivity index (χ0v) is 23.2. The standard InChI is InChI=1S/C26H40F2N3O6P/c1-4-22(25(34)31(3)16-8-11-19-9-6-5-7-10-19)30-24(33)23(29-18(2)32)17-20-12-14-21(15-13-20)26(27,28)38(35,36)37/h12-15,19,22-23H,4-11,16-17H2,1-3H3,(H,29,32)(H,30,33)(H2,35,36,37)/t22-,23+/m1/s1. The summed E-state index contributed by atoms with van der Waals surface area (Å²) in [6.45, 7) is 3.58. The van der Waals surface area contributed by atoms with Crippen molar-refractivity contribution >= 4 is 25.3 Å². The summed E-state index contributed by atoms with van der Waals surface area (Å²) in [6, 6.07) is 2.30. The average Bonchev–Trinajstić information content (AvgIpc) is 2.86. The lowest BCUT2D eigenvalue weighted by molar-refractivity contribution is -0.136. The fourth-order valence-corrected chi connectivity index (χ4v) is 5.27. The Kier molecular flexibility index (Phi) is 11.9. The molecule has 0 aromatic heterocycles.